The van der Waals surface area contributed by atoms with Crippen molar-refractivity contribution in [1.82, 2.24) is 0 Å². The molecule has 0 heterocycles. The first-order valence-electron chi connectivity index (χ1n) is 3.97. The maximum Gasteiger partial charge on any atom is 2.00 e. The second-order valence-electron chi connectivity index (χ2n) is 2.40. The fourth-order valence-corrected chi connectivity index (χ4v) is 2.33. The maximum atomic E-state index is 5.33. The van der Waals surface area contributed by atoms with Crippen LogP contribution in [0.5, 0.6) is 0 Å². The number of unbranched alkanes of at least 4 members (excludes halogenated alkanes) is 2. The van der Waals surface area contributed by atoms with Crippen LogP contribution in [0, 0.1) is 0 Å². The van der Waals surface area contributed by atoms with Crippen molar-refractivity contribution in [3.05, 3.63) is 0 Å². The van der Waals surface area contributed by atoms with Gasteiger partial charge in [-0.15, -0.1) is 0 Å². The Bertz CT molecular complexity index is 159. The average molecular weight is 295 g/mol. The van der Waals surface area contributed by atoms with Gasteiger partial charge in [0.15, 0.2) is 0 Å². The molecule has 2 nitrogen and oxygen atoms in total. The molecule has 14 heavy (non-hydrogen) atoms. The minimum atomic E-state index is 0. The number of hydrogen-bond acceptors (Lipinski definition) is 4. The van der Waals surface area contributed by atoms with Crippen molar-refractivity contribution >= 4 is 94.3 Å². The molecule has 0 amide bonds. The summed E-state index contributed by atoms with van der Waals surface area (Å²) in [5.41, 5.74) is 10.7. The molecule has 0 fully saturated rings. The Morgan fingerprint density at radius 2 is 1.21 bits per heavy atom. The molecule has 0 aliphatic rings. The Labute approximate surface area is 135 Å². The molecule has 0 aliphatic carbocycles. The minimum absolute atomic E-state index is 0. The van der Waals surface area contributed by atoms with E-state index in [0.717, 1.165) is 24.3 Å². The van der Waals surface area contributed by atoms with Crippen LogP contribution in [0.3, 0.4) is 0 Å². The Balaban J connectivity index is 0. The SMILES string of the molecule is NC(=S)SCCCCCSC(N)=S.[Ca+2]. The molecule has 0 aliphatic heterocycles. The van der Waals surface area contributed by atoms with Gasteiger partial charge in [0, 0.05) is 11.5 Å². The first kappa shape index (κ1) is 18.1. The van der Waals surface area contributed by atoms with Crippen molar-refractivity contribution < 1.29 is 0 Å². The molecule has 0 rings (SSSR count). The van der Waals surface area contributed by atoms with E-state index < -0.39 is 0 Å². The first-order chi connectivity index (χ1) is 6.13. The molecule has 0 spiro atoms. The molecular weight excluding hydrogens is 280 g/mol. The van der Waals surface area contributed by atoms with Gasteiger partial charge in [0.25, 0.3) is 0 Å². The maximum absolute atomic E-state index is 5.33. The van der Waals surface area contributed by atoms with Gasteiger partial charge in [-0.25, -0.2) is 0 Å². The third-order valence-electron chi connectivity index (χ3n) is 1.28. The standard InChI is InChI=1S/C7H14N2S4.Ca/c8-6(10)12-4-2-1-3-5-13-7(9)11;/h1-5H2,(H2,8,10)(H2,9,11);/q;+2. The predicted molar refractivity (Wildman–Crippen MR) is 78.1 cm³/mol. The van der Waals surface area contributed by atoms with Crippen molar-refractivity contribution in [3.8, 4) is 0 Å². The molecule has 7 heteroatoms. The van der Waals surface area contributed by atoms with E-state index >= 15 is 0 Å². The van der Waals surface area contributed by atoms with Crippen LogP contribution in [0.15, 0.2) is 0 Å². The Morgan fingerprint density at radius 1 is 0.857 bits per heavy atom. The molecular formula is C7H14CaN2S4+2. The van der Waals surface area contributed by atoms with E-state index in [9.17, 15) is 0 Å². The van der Waals surface area contributed by atoms with Gasteiger partial charge >= 0.3 is 37.7 Å². The molecule has 0 saturated heterocycles. The smallest absolute Gasteiger partial charge is 0.385 e. The largest absolute Gasteiger partial charge is 2.00 e. The van der Waals surface area contributed by atoms with Crippen molar-refractivity contribution in [2.45, 2.75) is 19.3 Å². The fraction of sp³-hybridized carbons (Fsp3) is 0.714. The first-order valence-corrected chi connectivity index (χ1v) is 6.76. The molecule has 0 saturated carbocycles. The summed E-state index contributed by atoms with van der Waals surface area (Å²) in [6.45, 7) is 0. The van der Waals surface area contributed by atoms with Gasteiger partial charge in [0.05, 0.1) is 0 Å². The van der Waals surface area contributed by atoms with E-state index in [4.69, 9.17) is 35.9 Å². The number of thioether (sulfide) groups is 2. The van der Waals surface area contributed by atoms with Gasteiger partial charge in [-0.2, -0.15) is 0 Å². The number of thiocarbonyl (C=S) groups is 2. The van der Waals surface area contributed by atoms with Gasteiger partial charge in [-0.3, -0.25) is 0 Å². The van der Waals surface area contributed by atoms with Crippen molar-refractivity contribution in [3.63, 3.8) is 0 Å². The van der Waals surface area contributed by atoms with Crippen LogP contribution >= 0.6 is 48.0 Å². The van der Waals surface area contributed by atoms with E-state index in [1.165, 1.54) is 6.42 Å². The third-order valence-corrected chi connectivity index (χ3v) is 3.54. The fourth-order valence-electron chi connectivity index (χ4n) is 0.726. The normalized spacial score (nSPS) is 9.14. The van der Waals surface area contributed by atoms with Crippen LogP contribution in [0.1, 0.15) is 19.3 Å². The Morgan fingerprint density at radius 3 is 1.50 bits per heavy atom. The van der Waals surface area contributed by atoms with Crippen molar-refractivity contribution in [2.75, 3.05) is 11.5 Å². The van der Waals surface area contributed by atoms with Crippen LogP contribution in [0.2, 0.25) is 0 Å². The summed E-state index contributed by atoms with van der Waals surface area (Å²) in [5.74, 6) is 2.04. The van der Waals surface area contributed by atoms with Crippen LogP contribution in [0.25, 0.3) is 0 Å². The quantitative estimate of drug-likeness (QED) is 0.442. The van der Waals surface area contributed by atoms with Crippen LogP contribution < -0.4 is 11.5 Å². The second kappa shape index (κ2) is 12.8. The Kier molecular flexibility index (Phi) is 16.6. The van der Waals surface area contributed by atoms with E-state index in [0.29, 0.717) is 8.64 Å². The second-order valence-corrected chi connectivity index (χ2v) is 6.07. The molecule has 0 radical (unpaired) electrons. The summed E-state index contributed by atoms with van der Waals surface area (Å²) in [4.78, 5) is 0. The van der Waals surface area contributed by atoms with Crippen molar-refractivity contribution in [2.24, 2.45) is 11.5 Å². The zero-order valence-electron chi connectivity index (χ0n) is 8.03. The average Bonchev–Trinajstić information content (AvgIpc) is 2.01. The molecule has 0 atom stereocenters. The van der Waals surface area contributed by atoms with Gasteiger partial charge < -0.3 is 11.5 Å². The number of hydrogen-bond donors (Lipinski definition) is 2. The summed E-state index contributed by atoms with van der Waals surface area (Å²) >= 11 is 12.6. The van der Waals surface area contributed by atoms with E-state index in [1.807, 2.05) is 0 Å². The third kappa shape index (κ3) is 16.2. The van der Waals surface area contributed by atoms with E-state index in [-0.39, 0.29) is 37.7 Å². The van der Waals surface area contributed by atoms with Crippen molar-refractivity contribution in [1.29, 1.82) is 0 Å². The van der Waals surface area contributed by atoms with Crippen LogP contribution in [0.4, 0.5) is 0 Å². The monoisotopic (exact) mass is 294 g/mol. The Hall–Kier alpha value is 1.74. The zero-order chi connectivity index (χ0) is 10.1. The summed E-state index contributed by atoms with van der Waals surface area (Å²) in [7, 11) is 0. The van der Waals surface area contributed by atoms with Gasteiger partial charge in [0.1, 0.15) is 8.64 Å². The molecule has 4 N–H and O–H groups in total. The van der Waals surface area contributed by atoms with Gasteiger partial charge in [0.2, 0.25) is 0 Å². The van der Waals surface area contributed by atoms with Crippen LogP contribution in [-0.4, -0.2) is 57.9 Å². The van der Waals surface area contributed by atoms with Gasteiger partial charge in [-0.1, -0.05) is 54.4 Å². The zero-order valence-corrected chi connectivity index (χ0v) is 13.5. The van der Waals surface area contributed by atoms with E-state index in [1.54, 1.807) is 23.5 Å². The molecule has 0 aromatic rings. The molecule has 76 valence electrons. The van der Waals surface area contributed by atoms with E-state index in [2.05, 4.69) is 0 Å². The minimum Gasteiger partial charge on any atom is -0.385 e. The molecule has 0 aromatic carbocycles. The summed E-state index contributed by atoms with van der Waals surface area (Å²) in [6, 6.07) is 0. The number of rotatable bonds is 6. The molecule has 0 aromatic heterocycles. The van der Waals surface area contributed by atoms with Gasteiger partial charge in [-0.05, 0) is 12.8 Å². The number of nitrogens with two attached hydrogens (primary N) is 2. The topological polar surface area (TPSA) is 52.0 Å². The van der Waals surface area contributed by atoms with Crippen LogP contribution in [-0.2, 0) is 0 Å². The molecule has 0 bridgehead atoms. The summed E-state index contributed by atoms with van der Waals surface area (Å²) in [5, 5.41) is 0. The predicted octanol–water partition coefficient (Wildman–Crippen LogP) is 1.73. The summed E-state index contributed by atoms with van der Waals surface area (Å²) < 4.78 is 1.08. The summed E-state index contributed by atoms with van der Waals surface area (Å²) in [6.07, 6.45) is 3.49. The molecule has 0 unspecified atom stereocenters.